The molecule has 1 aliphatic heterocycles. The topological polar surface area (TPSA) is 61.4 Å². The monoisotopic (exact) mass is 327 g/mol. The smallest absolute Gasteiger partial charge is 0.319 e. The van der Waals surface area contributed by atoms with Crippen molar-refractivity contribution in [3.05, 3.63) is 66.0 Å². The molecule has 3 amide bonds. The molecule has 1 atom stereocenters. The number of carbonyl (C=O) groups excluding carboxylic acids is 2. The lowest BCUT2D eigenvalue weighted by Gasteiger charge is -2.17. The van der Waals surface area contributed by atoms with Gasteiger partial charge in [0.05, 0.1) is 0 Å². The van der Waals surface area contributed by atoms with Crippen LogP contribution >= 0.6 is 0 Å². The van der Waals surface area contributed by atoms with Crippen molar-refractivity contribution in [3.63, 3.8) is 0 Å². The first-order valence-electron chi connectivity index (χ1n) is 7.79. The summed E-state index contributed by atoms with van der Waals surface area (Å²) in [5, 5.41) is 5.49. The van der Waals surface area contributed by atoms with E-state index in [2.05, 4.69) is 10.6 Å². The van der Waals surface area contributed by atoms with Gasteiger partial charge in [0.15, 0.2) is 0 Å². The number of halogens is 1. The van der Waals surface area contributed by atoms with Gasteiger partial charge in [0.1, 0.15) is 5.82 Å². The van der Waals surface area contributed by atoms with Gasteiger partial charge in [-0.15, -0.1) is 0 Å². The van der Waals surface area contributed by atoms with Gasteiger partial charge >= 0.3 is 6.03 Å². The summed E-state index contributed by atoms with van der Waals surface area (Å²) in [5.74, 6) is -0.384. The van der Waals surface area contributed by atoms with E-state index in [1.165, 1.54) is 24.3 Å². The minimum absolute atomic E-state index is 0.0288. The standard InChI is InChI=1S/C18H18FN3O2/c19-14-6-8-15(9-7-14)20-18(24)21-16-10-11-22(12-16)17(23)13-4-2-1-3-5-13/h1-9,16H,10-12H2,(H2,20,21,24)/t16-/m0/s1. The maximum atomic E-state index is 12.8. The quantitative estimate of drug-likeness (QED) is 0.910. The number of nitrogens with one attached hydrogen (secondary N) is 2. The Morgan fingerprint density at radius 2 is 1.75 bits per heavy atom. The number of amides is 3. The van der Waals surface area contributed by atoms with Gasteiger partial charge in [-0.05, 0) is 42.8 Å². The van der Waals surface area contributed by atoms with E-state index < -0.39 is 0 Å². The molecule has 0 aromatic heterocycles. The first kappa shape index (κ1) is 16.0. The van der Waals surface area contributed by atoms with E-state index in [1.54, 1.807) is 17.0 Å². The Morgan fingerprint density at radius 1 is 1.04 bits per heavy atom. The first-order chi connectivity index (χ1) is 11.6. The molecular weight excluding hydrogens is 309 g/mol. The number of anilines is 1. The van der Waals surface area contributed by atoms with E-state index in [0.717, 1.165) is 0 Å². The largest absolute Gasteiger partial charge is 0.337 e. The predicted octanol–water partition coefficient (Wildman–Crippen LogP) is 2.86. The summed E-state index contributed by atoms with van der Waals surface area (Å²) in [6, 6.07) is 14.2. The van der Waals surface area contributed by atoms with Crippen molar-refractivity contribution in [2.45, 2.75) is 12.5 Å². The number of hydrogen-bond acceptors (Lipinski definition) is 2. The Morgan fingerprint density at radius 3 is 2.46 bits per heavy atom. The van der Waals surface area contributed by atoms with Crippen LogP contribution in [0.1, 0.15) is 16.8 Å². The average molecular weight is 327 g/mol. The zero-order chi connectivity index (χ0) is 16.9. The second-order valence-corrected chi connectivity index (χ2v) is 5.71. The van der Waals surface area contributed by atoms with Crippen LogP contribution in [0.5, 0.6) is 0 Å². The molecule has 124 valence electrons. The molecule has 24 heavy (non-hydrogen) atoms. The van der Waals surface area contributed by atoms with Gasteiger partial charge in [0, 0.05) is 30.4 Å². The van der Waals surface area contributed by atoms with Crippen LogP contribution in [0.25, 0.3) is 0 Å². The van der Waals surface area contributed by atoms with Crippen LogP contribution in [0, 0.1) is 5.82 Å². The van der Waals surface area contributed by atoms with E-state index >= 15 is 0 Å². The second-order valence-electron chi connectivity index (χ2n) is 5.71. The van der Waals surface area contributed by atoms with Gasteiger partial charge in [-0.25, -0.2) is 9.18 Å². The van der Waals surface area contributed by atoms with Crippen molar-refractivity contribution in [2.75, 3.05) is 18.4 Å². The zero-order valence-corrected chi connectivity index (χ0v) is 13.0. The molecule has 0 unspecified atom stereocenters. The highest BCUT2D eigenvalue weighted by atomic mass is 19.1. The molecule has 1 aliphatic rings. The fourth-order valence-corrected chi connectivity index (χ4v) is 2.71. The SMILES string of the molecule is O=C(Nc1ccc(F)cc1)N[C@H]1CCN(C(=O)c2ccccc2)C1. The lowest BCUT2D eigenvalue weighted by Crippen LogP contribution is -2.40. The summed E-state index contributed by atoms with van der Waals surface area (Å²) >= 11 is 0. The Hall–Kier alpha value is -2.89. The van der Waals surface area contributed by atoms with Crippen molar-refractivity contribution in [2.24, 2.45) is 0 Å². The summed E-state index contributed by atoms with van der Waals surface area (Å²) in [6.45, 7) is 1.08. The highest BCUT2D eigenvalue weighted by Gasteiger charge is 2.27. The zero-order valence-electron chi connectivity index (χ0n) is 13.0. The highest BCUT2D eigenvalue weighted by molar-refractivity contribution is 5.94. The normalized spacial score (nSPS) is 16.7. The Labute approximate surface area is 139 Å². The van der Waals surface area contributed by atoms with Crippen LogP contribution in [0.2, 0.25) is 0 Å². The van der Waals surface area contributed by atoms with E-state index in [0.29, 0.717) is 30.8 Å². The van der Waals surface area contributed by atoms with Gasteiger partial charge in [0.2, 0.25) is 0 Å². The molecule has 0 radical (unpaired) electrons. The van der Waals surface area contributed by atoms with E-state index in [4.69, 9.17) is 0 Å². The van der Waals surface area contributed by atoms with Crippen molar-refractivity contribution in [1.29, 1.82) is 0 Å². The predicted molar refractivity (Wildman–Crippen MR) is 89.3 cm³/mol. The summed E-state index contributed by atoms with van der Waals surface area (Å²) in [4.78, 5) is 26.1. The fraction of sp³-hybridized carbons (Fsp3) is 0.222. The van der Waals surface area contributed by atoms with Gasteiger partial charge < -0.3 is 15.5 Å². The van der Waals surface area contributed by atoms with Crippen LogP contribution < -0.4 is 10.6 Å². The van der Waals surface area contributed by atoms with Gasteiger partial charge in [0.25, 0.3) is 5.91 Å². The molecule has 0 spiro atoms. The molecule has 2 aromatic rings. The van der Waals surface area contributed by atoms with Crippen LogP contribution in [0.4, 0.5) is 14.9 Å². The van der Waals surface area contributed by atoms with Gasteiger partial charge in [-0.1, -0.05) is 18.2 Å². The lowest BCUT2D eigenvalue weighted by molar-refractivity contribution is 0.0789. The van der Waals surface area contributed by atoms with Crippen LogP contribution in [0.3, 0.4) is 0 Å². The molecule has 1 fully saturated rings. The minimum atomic E-state index is -0.361. The number of benzene rings is 2. The molecule has 1 saturated heterocycles. The molecule has 2 aromatic carbocycles. The maximum Gasteiger partial charge on any atom is 0.319 e. The van der Waals surface area contributed by atoms with E-state index in [1.807, 2.05) is 18.2 Å². The number of carbonyl (C=O) groups is 2. The Kier molecular flexibility index (Phi) is 4.74. The number of rotatable bonds is 3. The van der Waals surface area contributed by atoms with Crippen molar-refractivity contribution >= 4 is 17.6 Å². The molecular formula is C18H18FN3O2. The summed E-state index contributed by atoms with van der Waals surface area (Å²) in [6.07, 6.45) is 0.704. The fourth-order valence-electron chi connectivity index (χ4n) is 2.71. The number of nitrogens with zero attached hydrogens (tertiary/aromatic N) is 1. The third kappa shape index (κ3) is 3.90. The molecule has 0 saturated carbocycles. The third-order valence-electron chi connectivity index (χ3n) is 3.93. The number of urea groups is 1. The Balaban J connectivity index is 1.51. The first-order valence-corrected chi connectivity index (χ1v) is 7.79. The lowest BCUT2D eigenvalue weighted by atomic mass is 10.2. The molecule has 0 bridgehead atoms. The number of hydrogen-bond donors (Lipinski definition) is 2. The molecule has 1 heterocycles. The Bertz CT molecular complexity index is 719. The van der Waals surface area contributed by atoms with Crippen molar-refractivity contribution in [3.8, 4) is 0 Å². The van der Waals surface area contributed by atoms with Gasteiger partial charge in [-0.2, -0.15) is 0 Å². The molecule has 6 heteroatoms. The molecule has 3 rings (SSSR count). The second kappa shape index (κ2) is 7.12. The summed E-state index contributed by atoms with van der Waals surface area (Å²) < 4.78 is 12.8. The van der Waals surface area contributed by atoms with Crippen LogP contribution in [-0.4, -0.2) is 36.0 Å². The molecule has 5 nitrogen and oxygen atoms in total. The van der Waals surface area contributed by atoms with E-state index in [9.17, 15) is 14.0 Å². The minimum Gasteiger partial charge on any atom is -0.337 e. The molecule has 0 aliphatic carbocycles. The summed E-state index contributed by atoms with van der Waals surface area (Å²) in [5.41, 5.74) is 1.16. The summed E-state index contributed by atoms with van der Waals surface area (Å²) in [7, 11) is 0. The highest BCUT2D eigenvalue weighted by Crippen LogP contribution is 2.14. The van der Waals surface area contributed by atoms with Crippen LogP contribution in [-0.2, 0) is 0 Å². The van der Waals surface area contributed by atoms with Gasteiger partial charge in [-0.3, -0.25) is 4.79 Å². The molecule has 2 N–H and O–H groups in total. The maximum absolute atomic E-state index is 12.8. The third-order valence-corrected chi connectivity index (χ3v) is 3.93. The number of likely N-dealkylation sites (tertiary alicyclic amines) is 1. The van der Waals surface area contributed by atoms with Crippen molar-refractivity contribution < 1.29 is 14.0 Å². The van der Waals surface area contributed by atoms with E-state index in [-0.39, 0.29) is 23.8 Å². The average Bonchev–Trinajstić information content (AvgIpc) is 3.05. The van der Waals surface area contributed by atoms with Crippen LogP contribution in [0.15, 0.2) is 54.6 Å². The van der Waals surface area contributed by atoms with Crippen molar-refractivity contribution in [1.82, 2.24) is 10.2 Å².